The predicted octanol–water partition coefficient (Wildman–Crippen LogP) is 2.33. The van der Waals surface area contributed by atoms with Crippen LogP contribution in [0.3, 0.4) is 0 Å². The molecule has 0 radical (unpaired) electrons. The zero-order chi connectivity index (χ0) is 18.9. The topological polar surface area (TPSA) is 93.7 Å². The highest BCUT2D eigenvalue weighted by atomic mass is 16.5. The first-order valence-electron chi connectivity index (χ1n) is 8.91. The van der Waals surface area contributed by atoms with E-state index >= 15 is 0 Å². The van der Waals surface area contributed by atoms with Crippen molar-refractivity contribution in [2.75, 3.05) is 7.11 Å². The maximum Gasteiger partial charge on any atom is 0.321 e. The molecule has 1 aliphatic rings. The van der Waals surface area contributed by atoms with Gasteiger partial charge < -0.3 is 14.8 Å². The molecule has 1 atom stereocenters. The second kappa shape index (κ2) is 9.79. The normalized spacial score (nSPS) is 15.6. The van der Waals surface area contributed by atoms with Crippen LogP contribution in [0.2, 0.25) is 0 Å². The Hall–Kier alpha value is -2.57. The van der Waals surface area contributed by atoms with Gasteiger partial charge in [0.2, 0.25) is 0 Å². The number of hydrogen-bond acceptors (Lipinski definition) is 5. The lowest BCUT2D eigenvalue weighted by Crippen LogP contribution is -2.48. The fourth-order valence-corrected chi connectivity index (χ4v) is 2.92. The summed E-state index contributed by atoms with van der Waals surface area (Å²) in [6, 6.07) is 6.60. The number of carbonyl (C=O) groups excluding carboxylic acids is 3. The minimum absolute atomic E-state index is 0.0170. The molecule has 0 unspecified atom stereocenters. The Bertz CT molecular complexity index is 641. The number of esters is 1. The number of nitrogens with one attached hydrogen (secondary N) is 2. The first kappa shape index (κ1) is 19.8. The Morgan fingerprint density at radius 2 is 1.92 bits per heavy atom. The van der Waals surface area contributed by atoms with Crippen LogP contribution >= 0.6 is 0 Å². The molecule has 7 nitrogen and oxygen atoms in total. The van der Waals surface area contributed by atoms with E-state index in [2.05, 4.69) is 10.6 Å². The molecule has 3 amide bonds. The molecule has 142 valence electrons. The first-order chi connectivity index (χ1) is 12.5. The monoisotopic (exact) mass is 362 g/mol. The average molecular weight is 362 g/mol. The molecule has 2 N–H and O–H groups in total. The summed E-state index contributed by atoms with van der Waals surface area (Å²) in [5, 5.41) is 5.01. The second-order valence-corrected chi connectivity index (χ2v) is 6.46. The third-order valence-electron chi connectivity index (χ3n) is 4.34. The second-order valence-electron chi connectivity index (χ2n) is 6.46. The van der Waals surface area contributed by atoms with Gasteiger partial charge in [-0.2, -0.15) is 0 Å². The Morgan fingerprint density at radius 3 is 2.62 bits per heavy atom. The maximum atomic E-state index is 12.0. The summed E-state index contributed by atoms with van der Waals surface area (Å²) >= 11 is 0. The molecule has 0 heterocycles. The van der Waals surface area contributed by atoms with Crippen molar-refractivity contribution in [3.8, 4) is 5.75 Å². The van der Waals surface area contributed by atoms with Gasteiger partial charge in [0.15, 0.2) is 6.10 Å². The highest BCUT2D eigenvalue weighted by molar-refractivity contribution is 5.97. The van der Waals surface area contributed by atoms with Crippen molar-refractivity contribution in [1.82, 2.24) is 10.6 Å². The molecule has 0 aliphatic heterocycles. The van der Waals surface area contributed by atoms with E-state index in [-0.39, 0.29) is 12.5 Å². The number of imide groups is 1. The van der Waals surface area contributed by atoms with Crippen molar-refractivity contribution < 1.29 is 23.9 Å². The number of amides is 3. The van der Waals surface area contributed by atoms with Gasteiger partial charge in [0.1, 0.15) is 5.75 Å². The summed E-state index contributed by atoms with van der Waals surface area (Å²) < 4.78 is 10.2. The van der Waals surface area contributed by atoms with Crippen LogP contribution in [-0.4, -0.2) is 37.2 Å². The minimum atomic E-state index is -1.05. The minimum Gasteiger partial charge on any atom is -0.497 e. The Morgan fingerprint density at radius 1 is 1.19 bits per heavy atom. The lowest BCUT2D eigenvalue weighted by Gasteiger charge is -2.23. The van der Waals surface area contributed by atoms with Crippen LogP contribution in [0.5, 0.6) is 5.75 Å². The van der Waals surface area contributed by atoms with Gasteiger partial charge in [0.05, 0.1) is 13.5 Å². The van der Waals surface area contributed by atoms with E-state index in [1.54, 1.807) is 31.4 Å². The largest absolute Gasteiger partial charge is 0.497 e. The van der Waals surface area contributed by atoms with E-state index < -0.39 is 24.0 Å². The van der Waals surface area contributed by atoms with Crippen molar-refractivity contribution in [3.63, 3.8) is 0 Å². The zero-order valence-electron chi connectivity index (χ0n) is 15.2. The van der Waals surface area contributed by atoms with Gasteiger partial charge in [-0.05, 0) is 37.5 Å². The van der Waals surface area contributed by atoms with E-state index in [4.69, 9.17) is 9.47 Å². The molecule has 26 heavy (non-hydrogen) atoms. The molecule has 1 aromatic rings. The lowest BCUT2D eigenvalue weighted by atomic mass is 9.96. The van der Waals surface area contributed by atoms with Crippen LogP contribution in [0.25, 0.3) is 0 Å². The molecule has 1 saturated carbocycles. The number of carbonyl (C=O) groups is 3. The van der Waals surface area contributed by atoms with Crippen molar-refractivity contribution in [1.29, 1.82) is 0 Å². The maximum absolute atomic E-state index is 12.0. The van der Waals surface area contributed by atoms with Crippen molar-refractivity contribution in [3.05, 3.63) is 29.8 Å². The number of methoxy groups -OCH3 is 1. The van der Waals surface area contributed by atoms with Gasteiger partial charge in [-0.3, -0.25) is 14.9 Å². The lowest BCUT2D eigenvalue weighted by molar-refractivity contribution is -0.153. The smallest absolute Gasteiger partial charge is 0.321 e. The van der Waals surface area contributed by atoms with Gasteiger partial charge in [0, 0.05) is 6.04 Å². The summed E-state index contributed by atoms with van der Waals surface area (Å²) in [6.45, 7) is 1.44. The number of benzene rings is 1. The molecule has 2 rings (SSSR count). The van der Waals surface area contributed by atoms with Crippen LogP contribution in [-0.2, 0) is 20.7 Å². The molecule has 1 fully saturated rings. The summed E-state index contributed by atoms with van der Waals surface area (Å²) in [5.74, 6) is -0.550. The molecular formula is C19H26N2O5. The molecule has 0 aromatic heterocycles. The van der Waals surface area contributed by atoms with E-state index in [1.807, 2.05) is 0 Å². The molecule has 7 heteroatoms. The number of hydrogen-bond donors (Lipinski definition) is 2. The van der Waals surface area contributed by atoms with Crippen LogP contribution in [0.4, 0.5) is 4.79 Å². The molecule has 0 bridgehead atoms. The van der Waals surface area contributed by atoms with E-state index in [0.717, 1.165) is 31.2 Å². The third kappa shape index (κ3) is 6.38. The Labute approximate surface area is 153 Å². The summed E-state index contributed by atoms with van der Waals surface area (Å²) in [5.41, 5.74) is 0.719. The number of urea groups is 1. The third-order valence-corrected chi connectivity index (χ3v) is 4.34. The fraction of sp³-hybridized carbons (Fsp3) is 0.526. The SMILES string of the molecule is COc1cccc(CC(=O)O[C@@H](C)C(=O)NC(=O)NC2CCCCC2)c1. The van der Waals surface area contributed by atoms with Crippen molar-refractivity contribution >= 4 is 17.9 Å². The molecule has 0 saturated heterocycles. The van der Waals surface area contributed by atoms with Gasteiger partial charge >= 0.3 is 12.0 Å². The van der Waals surface area contributed by atoms with E-state index in [1.165, 1.54) is 13.3 Å². The van der Waals surface area contributed by atoms with Crippen LogP contribution in [0.15, 0.2) is 24.3 Å². The number of ether oxygens (including phenoxy) is 2. The van der Waals surface area contributed by atoms with Crippen molar-refractivity contribution in [2.45, 2.75) is 57.6 Å². The summed E-state index contributed by atoms with van der Waals surface area (Å²) in [4.78, 5) is 35.9. The quantitative estimate of drug-likeness (QED) is 0.758. The van der Waals surface area contributed by atoms with Crippen LogP contribution in [0, 0.1) is 0 Å². The standard InChI is InChI=1S/C19H26N2O5/c1-13(18(23)21-19(24)20-15-8-4-3-5-9-15)26-17(22)12-14-7-6-10-16(11-14)25-2/h6-7,10-11,13,15H,3-5,8-9,12H2,1-2H3,(H2,20,21,23,24)/t13-/m0/s1. The first-order valence-corrected chi connectivity index (χ1v) is 8.91. The van der Waals surface area contributed by atoms with Crippen molar-refractivity contribution in [2.24, 2.45) is 0 Å². The average Bonchev–Trinajstić information content (AvgIpc) is 2.62. The molecule has 1 aliphatic carbocycles. The zero-order valence-corrected chi connectivity index (χ0v) is 15.2. The van der Waals surface area contributed by atoms with Gasteiger partial charge in [-0.15, -0.1) is 0 Å². The van der Waals surface area contributed by atoms with Crippen LogP contribution < -0.4 is 15.4 Å². The highest BCUT2D eigenvalue weighted by Gasteiger charge is 2.22. The highest BCUT2D eigenvalue weighted by Crippen LogP contribution is 2.17. The van der Waals surface area contributed by atoms with E-state index in [9.17, 15) is 14.4 Å². The van der Waals surface area contributed by atoms with Gasteiger partial charge in [0.25, 0.3) is 5.91 Å². The van der Waals surface area contributed by atoms with Crippen LogP contribution in [0.1, 0.15) is 44.6 Å². The summed E-state index contributed by atoms with van der Waals surface area (Å²) in [7, 11) is 1.54. The van der Waals surface area contributed by atoms with E-state index in [0.29, 0.717) is 5.75 Å². The Kier molecular flexibility index (Phi) is 7.44. The molecule has 0 spiro atoms. The number of rotatable bonds is 6. The summed E-state index contributed by atoms with van der Waals surface area (Å²) in [6.07, 6.45) is 4.15. The fourth-order valence-electron chi connectivity index (χ4n) is 2.92. The molecular weight excluding hydrogens is 336 g/mol. The van der Waals surface area contributed by atoms with Gasteiger partial charge in [-0.25, -0.2) is 4.79 Å². The molecule has 1 aromatic carbocycles. The Balaban J connectivity index is 1.76. The van der Waals surface area contributed by atoms with Gasteiger partial charge in [-0.1, -0.05) is 31.4 Å². The predicted molar refractivity (Wildman–Crippen MR) is 95.8 cm³/mol.